The number of halogens is 3. The van der Waals surface area contributed by atoms with Gasteiger partial charge in [0, 0.05) is 15.6 Å². The summed E-state index contributed by atoms with van der Waals surface area (Å²) in [5.74, 6) is 1.64. The molecule has 0 bridgehead atoms. The molecule has 0 aliphatic carbocycles. The third-order valence-corrected chi connectivity index (χ3v) is 7.37. The summed E-state index contributed by atoms with van der Waals surface area (Å²) in [6.07, 6.45) is 0. The van der Waals surface area contributed by atoms with Gasteiger partial charge in [-0.25, -0.2) is 0 Å². The second kappa shape index (κ2) is 12.0. The monoisotopic (exact) mass is 578 g/mol. The molecule has 1 aromatic heterocycles. The molecule has 0 spiro atoms. The lowest BCUT2D eigenvalue weighted by Gasteiger charge is -2.17. The van der Waals surface area contributed by atoms with Gasteiger partial charge >= 0.3 is 0 Å². The molecule has 37 heavy (non-hydrogen) atoms. The molecule has 1 atom stereocenters. The van der Waals surface area contributed by atoms with E-state index in [-0.39, 0.29) is 28.1 Å². The van der Waals surface area contributed by atoms with Gasteiger partial charge in [0.1, 0.15) is 23.4 Å². The Morgan fingerprint density at radius 2 is 1.68 bits per heavy atom. The molecule has 1 heterocycles. The topological polar surface area (TPSA) is 92.3 Å². The van der Waals surface area contributed by atoms with Gasteiger partial charge in [0.2, 0.25) is 6.54 Å². The third-order valence-electron chi connectivity index (χ3n) is 5.38. The van der Waals surface area contributed by atoms with Crippen LogP contribution in [0.3, 0.4) is 0 Å². The van der Waals surface area contributed by atoms with Gasteiger partial charge in [0.25, 0.3) is 0 Å². The first-order chi connectivity index (χ1) is 17.7. The molecule has 0 unspecified atom stereocenters. The highest BCUT2D eigenvalue weighted by atomic mass is 35.5. The Kier molecular flexibility index (Phi) is 8.81. The van der Waals surface area contributed by atoms with Crippen LogP contribution in [-0.4, -0.2) is 33.3 Å². The lowest BCUT2D eigenvalue weighted by molar-refractivity contribution is -0.479. The summed E-state index contributed by atoms with van der Waals surface area (Å²) < 4.78 is 12.9. The molecule has 4 rings (SSSR count). The van der Waals surface area contributed by atoms with Gasteiger partial charge < -0.3 is 9.47 Å². The standard InChI is InChI=1S/C25H21Cl3N4O4S/c1-15-29-30-25(32(15)19-7-9-20(35-2)10-8-19)37-23(13-31(33)34)17-11-21(27)24(22(28)12-17)36-14-16-3-5-18(26)6-4-16/h3-12,23H,13-14H2,1-2H3/t23-/m0/s1. The van der Waals surface area contributed by atoms with Crippen LogP contribution in [0.15, 0.2) is 65.8 Å². The minimum atomic E-state index is -0.643. The Hall–Kier alpha value is -2.98. The quantitative estimate of drug-likeness (QED) is 0.111. The van der Waals surface area contributed by atoms with Gasteiger partial charge in [-0.2, -0.15) is 0 Å². The summed E-state index contributed by atoms with van der Waals surface area (Å²) in [6, 6.07) is 17.8. The molecule has 192 valence electrons. The zero-order valence-electron chi connectivity index (χ0n) is 19.7. The predicted octanol–water partition coefficient (Wildman–Crippen LogP) is 7.23. The fourth-order valence-corrected chi connectivity index (χ4v) is 5.45. The number of rotatable bonds is 10. The van der Waals surface area contributed by atoms with E-state index in [0.29, 0.717) is 33.1 Å². The number of aryl methyl sites for hydroxylation is 1. The van der Waals surface area contributed by atoms with Crippen LogP contribution in [0.5, 0.6) is 11.5 Å². The molecule has 0 amide bonds. The van der Waals surface area contributed by atoms with Crippen molar-refractivity contribution in [3.8, 4) is 17.2 Å². The largest absolute Gasteiger partial charge is 0.497 e. The highest BCUT2D eigenvalue weighted by molar-refractivity contribution is 7.99. The van der Waals surface area contributed by atoms with Crippen molar-refractivity contribution >= 4 is 46.6 Å². The maximum atomic E-state index is 11.6. The van der Waals surface area contributed by atoms with Crippen LogP contribution in [0, 0.1) is 17.0 Å². The molecule has 0 saturated carbocycles. The van der Waals surface area contributed by atoms with Gasteiger partial charge in [-0.15, -0.1) is 10.2 Å². The highest BCUT2D eigenvalue weighted by Crippen LogP contribution is 2.42. The fourth-order valence-electron chi connectivity index (χ4n) is 3.56. The number of nitro groups is 1. The number of aromatic nitrogens is 3. The first kappa shape index (κ1) is 27.1. The molecule has 3 aromatic carbocycles. The van der Waals surface area contributed by atoms with Crippen LogP contribution >= 0.6 is 46.6 Å². The zero-order chi connectivity index (χ0) is 26.5. The van der Waals surface area contributed by atoms with Crippen molar-refractivity contribution < 1.29 is 14.4 Å². The van der Waals surface area contributed by atoms with E-state index in [1.807, 2.05) is 47.9 Å². The van der Waals surface area contributed by atoms with E-state index < -0.39 is 5.25 Å². The second-order valence-corrected chi connectivity index (χ2v) is 10.3. The predicted molar refractivity (Wildman–Crippen MR) is 145 cm³/mol. The van der Waals surface area contributed by atoms with Crippen molar-refractivity contribution in [1.82, 2.24) is 14.8 Å². The van der Waals surface area contributed by atoms with E-state index in [2.05, 4.69) is 10.2 Å². The molecule has 0 aliphatic rings. The minimum Gasteiger partial charge on any atom is -0.497 e. The van der Waals surface area contributed by atoms with Crippen LogP contribution in [0.4, 0.5) is 0 Å². The van der Waals surface area contributed by atoms with Crippen molar-refractivity contribution in [3.05, 3.63) is 103 Å². The molecule has 0 radical (unpaired) electrons. The average molecular weight is 580 g/mol. The van der Waals surface area contributed by atoms with Crippen molar-refractivity contribution in [2.45, 2.75) is 23.9 Å². The number of benzene rings is 3. The van der Waals surface area contributed by atoms with Crippen molar-refractivity contribution in [3.63, 3.8) is 0 Å². The van der Waals surface area contributed by atoms with E-state index in [9.17, 15) is 10.1 Å². The molecule has 0 N–H and O–H groups in total. The van der Waals surface area contributed by atoms with Gasteiger partial charge in [0.15, 0.2) is 10.9 Å². The van der Waals surface area contributed by atoms with Crippen molar-refractivity contribution in [1.29, 1.82) is 0 Å². The van der Waals surface area contributed by atoms with Gasteiger partial charge in [-0.3, -0.25) is 14.7 Å². The Labute approximate surface area is 232 Å². The first-order valence-corrected chi connectivity index (χ1v) is 13.0. The lowest BCUT2D eigenvalue weighted by atomic mass is 10.1. The van der Waals surface area contributed by atoms with Crippen LogP contribution in [0.1, 0.15) is 22.2 Å². The number of nitrogens with zero attached hydrogens (tertiary/aromatic N) is 4. The van der Waals surface area contributed by atoms with Gasteiger partial charge in [0.05, 0.1) is 17.2 Å². The summed E-state index contributed by atoms with van der Waals surface area (Å²) in [4.78, 5) is 11.2. The summed E-state index contributed by atoms with van der Waals surface area (Å²) in [5, 5.41) is 21.0. The maximum absolute atomic E-state index is 11.6. The van der Waals surface area contributed by atoms with Crippen molar-refractivity contribution in [2.24, 2.45) is 0 Å². The lowest BCUT2D eigenvalue weighted by Crippen LogP contribution is -2.11. The van der Waals surface area contributed by atoms with Gasteiger partial charge in [-0.05, 0) is 66.6 Å². The summed E-state index contributed by atoms with van der Waals surface area (Å²) in [7, 11) is 1.59. The van der Waals surface area contributed by atoms with Crippen LogP contribution < -0.4 is 9.47 Å². The Bertz CT molecular complexity index is 1380. The van der Waals surface area contributed by atoms with E-state index in [1.54, 1.807) is 31.4 Å². The zero-order valence-corrected chi connectivity index (χ0v) is 22.8. The third kappa shape index (κ3) is 6.67. The molecule has 0 fully saturated rings. The molecule has 8 nitrogen and oxygen atoms in total. The highest BCUT2D eigenvalue weighted by Gasteiger charge is 2.26. The van der Waals surface area contributed by atoms with Crippen LogP contribution in [-0.2, 0) is 6.61 Å². The Morgan fingerprint density at radius 3 is 2.27 bits per heavy atom. The molecule has 12 heteroatoms. The summed E-state index contributed by atoms with van der Waals surface area (Å²) >= 11 is 20.2. The molecule has 0 saturated heterocycles. The van der Waals surface area contributed by atoms with E-state index >= 15 is 0 Å². The van der Waals surface area contributed by atoms with Crippen LogP contribution in [0.25, 0.3) is 5.69 Å². The second-order valence-electron chi connectivity index (χ2n) is 7.91. The van der Waals surface area contributed by atoms with E-state index in [0.717, 1.165) is 11.3 Å². The van der Waals surface area contributed by atoms with Crippen molar-refractivity contribution in [2.75, 3.05) is 13.7 Å². The number of thioether (sulfide) groups is 1. The van der Waals surface area contributed by atoms with Crippen LogP contribution in [0.2, 0.25) is 15.1 Å². The fraction of sp³-hybridized carbons (Fsp3) is 0.200. The molecular formula is C25H21Cl3N4O4S. The number of methoxy groups -OCH3 is 1. The van der Waals surface area contributed by atoms with Gasteiger partial charge in [-0.1, -0.05) is 58.7 Å². The van der Waals surface area contributed by atoms with E-state index in [1.165, 1.54) is 11.8 Å². The normalized spacial score (nSPS) is 11.8. The first-order valence-electron chi connectivity index (χ1n) is 11.0. The summed E-state index contributed by atoms with van der Waals surface area (Å²) in [5.41, 5.74) is 2.25. The molecule has 0 aliphatic heterocycles. The summed E-state index contributed by atoms with van der Waals surface area (Å²) in [6.45, 7) is 1.66. The smallest absolute Gasteiger partial charge is 0.220 e. The Morgan fingerprint density at radius 1 is 1.03 bits per heavy atom. The molecule has 4 aromatic rings. The maximum Gasteiger partial charge on any atom is 0.220 e. The Balaban J connectivity index is 1.60. The number of hydrogen-bond acceptors (Lipinski definition) is 7. The number of ether oxygens (including phenoxy) is 2. The SMILES string of the molecule is COc1ccc(-n2c(C)nnc2S[C@@H](C[N+](=O)[O-])c2cc(Cl)c(OCc3ccc(Cl)cc3)c(Cl)c2)cc1. The van der Waals surface area contributed by atoms with E-state index in [4.69, 9.17) is 44.3 Å². The molecular weight excluding hydrogens is 559 g/mol. The minimum absolute atomic E-state index is 0.229. The number of hydrogen-bond donors (Lipinski definition) is 0. The average Bonchev–Trinajstić information content (AvgIpc) is 3.23.